The van der Waals surface area contributed by atoms with E-state index < -0.39 is 0 Å². The first-order valence-corrected chi connectivity index (χ1v) is 8.06. The average Bonchev–Trinajstić information content (AvgIpc) is 2.61. The monoisotopic (exact) mass is 325 g/mol. The molecule has 0 saturated carbocycles. The fourth-order valence-electron chi connectivity index (χ4n) is 2.29. The van der Waals surface area contributed by atoms with Gasteiger partial charge in [-0.25, -0.2) is 0 Å². The Hall–Kier alpha value is -2.82. The Morgan fingerprint density at radius 1 is 1.00 bits per heavy atom. The molecule has 0 spiro atoms. The van der Waals surface area contributed by atoms with E-state index in [9.17, 15) is 9.59 Å². The molecular formula is C19H23N3O2. The Kier molecular flexibility index (Phi) is 6.37. The predicted molar refractivity (Wildman–Crippen MR) is 95.9 cm³/mol. The molecule has 3 N–H and O–H groups in total. The summed E-state index contributed by atoms with van der Waals surface area (Å²) in [5.41, 5.74) is 2.45. The lowest BCUT2D eigenvalue weighted by Crippen LogP contribution is -2.29. The normalized spacial score (nSPS) is 11.4. The minimum atomic E-state index is -0.123. The predicted octanol–water partition coefficient (Wildman–Crippen LogP) is 2.73. The molecule has 0 heterocycles. The Balaban J connectivity index is 1.90. The van der Waals surface area contributed by atoms with Crippen molar-refractivity contribution >= 4 is 17.5 Å². The van der Waals surface area contributed by atoms with Gasteiger partial charge >= 0.3 is 0 Å². The topological polar surface area (TPSA) is 70.2 Å². The summed E-state index contributed by atoms with van der Waals surface area (Å²) in [6.45, 7) is 4.65. The van der Waals surface area contributed by atoms with E-state index in [1.54, 1.807) is 24.3 Å². The van der Waals surface area contributed by atoms with E-state index in [4.69, 9.17) is 0 Å². The SMILES string of the molecule is CCNC(=O)CNc1ccc(C(=O)NC(C)c2ccccc2)cc1. The Morgan fingerprint density at radius 3 is 2.29 bits per heavy atom. The molecule has 0 aliphatic carbocycles. The molecule has 1 atom stereocenters. The fourth-order valence-corrected chi connectivity index (χ4v) is 2.29. The van der Waals surface area contributed by atoms with Gasteiger partial charge in [-0.1, -0.05) is 30.3 Å². The highest BCUT2D eigenvalue weighted by atomic mass is 16.2. The molecular weight excluding hydrogens is 302 g/mol. The lowest BCUT2D eigenvalue weighted by atomic mass is 10.1. The van der Waals surface area contributed by atoms with Crippen LogP contribution in [0, 0.1) is 0 Å². The third-order valence-electron chi connectivity index (χ3n) is 3.62. The van der Waals surface area contributed by atoms with Crippen LogP contribution in [0.1, 0.15) is 35.8 Å². The van der Waals surface area contributed by atoms with Gasteiger partial charge in [0.15, 0.2) is 0 Å². The fraction of sp³-hybridized carbons (Fsp3) is 0.263. The molecule has 0 radical (unpaired) electrons. The number of nitrogens with one attached hydrogen (secondary N) is 3. The summed E-state index contributed by atoms with van der Waals surface area (Å²) in [6, 6.07) is 16.8. The van der Waals surface area contributed by atoms with E-state index in [2.05, 4.69) is 16.0 Å². The average molecular weight is 325 g/mol. The molecule has 2 aromatic rings. The Labute approximate surface area is 142 Å². The Morgan fingerprint density at radius 2 is 1.67 bits per heavy atom. The van der Waals surface area contributed by atoms with Crippen molar-refractivity contribution in [3.8, 4) is 0 Å². The molecule has 1 unspecified atom stereocenters. The van der Waals surface area contributed by atoms with E-state index in [1.165, 1.54) is 0 Å². The summed E-state index contributed by atoms with van der Waals surface area (Å²) in [6.07, 6.45) is 0. The zero-order valence-electron chi connectivity index (χ0n) is 14.0. The summed E-state index contributed by atoms with van der Waals surface area (Å²) in [7, 11) is 0. The molecule has 2 amide bonds. The van der Waals surface area contributed by atoms with Crippen LogP contribution in [-0.2, 0) is 4.79 Å². The van der Waals surface area contributed by atoms with Crippen molar-refractivity contribution < 1.29 is 9.59 Å². The van der Waals surface area contributed by atoms with Crippen molar-refractivity contribution in [3.63, 3.8) is 0 Å². The minimum Gasteiger partial charge on any atom is -0.376 e. The van der Waals surface area contributed by atoms with Crippen LogP contribution in [-0.4, -0.2) is 24.9 Å². The van der Waals surface area contributed by atoms with Crippen LogP contribution in [0.5, 0.6) is 0 Å². The molecule has 0 aliphatic rings. The number of carbonyl (C=O) groups excluding carboxylic acids is 2. The summed E-state index contributed by atoms with van der Waals surface area (Å²) in [5.74, 6) is -0.183. The summed E-state index contributed by atoms with van der Waals surface area (Å²) in [4.78, 5) is 23.7. The molecule has 0 aromatic heterocycles. The number of hydrogen-bond acceptors (Lipinski definition) is 3. The van der Waals surface area contributed by atoms with Crippen molar-refractivity contribution in [1.82, 2.24) is 10.6 Å². The van der Waals surface area contributed by atoms with Crippen LogP contribution in [0.2, 0.25) is 0 Å². The van der Waals surface area contributed by atoms with Crippen molar-refractivity contribution in [3.05, 3.63) is 65.7 Å². The minimum absolute atomic E-state index is 0.0593. The van der Waals surface area contributed by atoms with E-state index in [1.807, 2.05) is 44.2 Å². The van der Waals surface area contributed by atoms with Gasteiger partial charge in [0.25, 0.3) is 5.91 Å². The van der Waals surface area contributed by atoms with Crippen LogP contribution >= 0.6 is 0 Å². The van der Waals surface area contributed by atoms with Gasteiger partial charge < -0.3 is 16.0 Å². The maximum absolute atomic E-state index is 12.3. The summed E-state index contributed by atoms with van der Waals surface area (Å²) < 4.78 is 0. The molecule has 2 rings (SSSR count). The van der Waals surface area contributed by atoms with Gasteiger partial charge in [0, 0.05) is 17.8 Å². The van der Waals surface area contributed by atoms with E-state index in [0.717, 1.165) is 11.3 Å². The highest BCUT2D eigenvalue weighted by Gasteiger charge is 2.11. The molecule has 126 valence electrons. The maximum atomic E-state index is 12.3. The van der Waals surface area contributed by atoms with Gasteiger partial charge in [0.1, 0.15) is 0 Å². The summed E-state index contributed by atoms with van der Waals surface area (Å²) >= 11 is 0. The van der Waals surface area contributed by atoms with Crippen molar-refractivity contribution in [1.29, 1.82) is 0 Å². The van der Waals surface area contributed by atoms with Crippen molar-refractivity contribution in [2.75, 3.05) is 18.4 Å². The first kappa shape index (κ1) is 17.5. The second-order valence-corrected chi connectivity index (χ2v) is 5.49. The van der Waals surface area contributed by atoms with Crippen LogP contribution < -0.4 is 16.0 Å². The van der Waals surface area contributed by atoms with E-state index >= 15 is 0 Å². The van der Waals surface area contributed by atoms with E-state index in [-0.39, 0.29) is 24.4 Å². The van der Waals surface area contributed by atoms with Crippen LogP contribution in [0.4, 0.5) is 5.69 Å². The number of carbonyl (C=O) groups is 2. The van der Waals surface area contributed by atoms with Gasteiger partial charge in [0.2, 0.25) is 5.91 Å². The van der Waals surface area contributed by atoms with Crippen LogP contribution in [0.3, 0.4) is 0 Å². The smallest absolute Gasteiger partial charge is 0.251 e. The molecule has 0 aliphatic heterocycles. The van der Waals surface area contributed by atoms with Gasteiger partial charge in [-0.2, -0.15) is 0 Å². The Bertz CT molecular complexity index is 669. The van der Waals surface area contributed by atoms with Gasteiger partial charge in [-0.15, -0.1) is 0 Å². The number of benzene rings is 2. The highest BCUT2D eigenvalue weighted by molar-refractivity contribution is 5.94. The molecule has 0 saturated heterocycles. The van der Waals surface area contributed by atoms with E-state index in [0.29, 0.717) is 12.1 Å². The summed E-state index contributed by atoms with van der Waals surface area (Å²) in [5, 5.41) is 8.71. The largest absolute Gasteiger partial charge is 0.376 e. The second-order valence-electron chi connectivity index (χ2n) is 5.49. The zero-order chi connectivity index (χ0) is 17.4. The highest BCUT2D eigenvalue weighted by Crippen LogP contribution is 2.14. The molecule has 5 heteroatoms. The number of amides is 2. The molecule has 5 nitrogen and oxygen atoms in total. The molecule has 0 bridgehead atoms. The quantitative estimate of drug-likeness (QED) is 0.733. The first-order valence-electron chi connectivity index (χ1n) is 8.06. The van der Waals surface area contributed by atoms with Crippen molar-refractivity contribution in [2.45, 2.75) is 19.9 Å². The number of rotatable bonds is 7. The standard InChI is InChI=1S/C19H23N3O2/c1-3-20-18(23)13-21-17-11-9-16(10-12-17)19(24)22-14(2)15-7-5-4-6-8-15/h4-12,14,21H,3,13H2,1-2H3,(H,20,23)(H,22,24). The lowest BCUT2D eigenvalue weighted by Gasteiger charge is -2.14. The number of likely N-dealkylation sites (N-methyl/N-ethyl adjacent to an activating group) is 1. The zero-order valence-corrected chi connectivity index (χ0v) is 14.0. The molecule has 2 aromatic carbocycles. The van der Waals surface area contributed by atoms with Crippen LogP contribution in [0.15, 0.2) is 54.6 Å². The lowest BCUT2D eigenvalue weighted by molar-refractivity contribution is -0.119. The van der Waals surface area contributed by atoms with Crippen molar-refractivity contribution in [2.24, 2.45) is 0 Å². The molecule has 0 fully saturated rings. The number of hydrogen-bond donors (Lipinski definition) is 3. The van der Waals surface area contributed by atoms with Gasteiger partial charge in [-0.05, 0) is 43.7 Å². The first-order chi connectivity index (χ1) is 11.6. The maximum Gasteiger partial charge on any atom is 0.251 e. The second kappa shape index (κ2) is 8.72. The third kappa shape index (κ3) is 5.12. The van der Waals surface area contributed by atoms with Crippen LogP contribution in [0.25, 0.3) is 0 Å². The number of anilines is 1. The van der Waals surface area contributed by atoms with Gasteiger partial charge in [0.05, 0.1) is 12.6 Å². The molecule has 24 heavy (non-hydrogen) atoms. The van der Waals surface area contributed by atoms with Gasteiger partial charge in [-0.3, -0.25) is 9.59 Å². The third-order valence-corrected chi connectivity index (χ3v) is 3.62.